The van der Waals surface area contributed by atoms with Crippen molar-refractivity contribution in [1.82, 2.24) is 0 Å². The van der Waals surface area contributed by atoms with Gasteiger partial charge in [-0.25, -0.2) is 4.39 Å². The second-order valence-corrected chi connectivity index (χ2v) is 3.20. The van der Waals surface area contributed by atoms with Crippen molar-refractivity contribution in [2.24, 2.45) is 0 Å². The van der Waals surface area contributed by atoms with Gasteiger partial charge in [0.25, 0.3) is 0 Å². The van der Waals surface area contributed by atoms with Gasteiger partial charge in [-0.15, -0.1) is 0 Å². The molecule has 0 N–H and O–H groups in total. The van der Waals surface area contributed by atoms with E-state index in [4.69, 9.17) is 9.47 Å². The van der Waals surface area contributed by atoms with Crippen molar-refractivity contribution in [3.05, 3.63) is 29.6 Å². The minimum absolute atomic E-state index is 0.197. The predicted molar refractivity (Wildman–Crippen MR) is 56.2 cm³/mol. The molecule has 2 nitrogen and oxygen atoms in total. The quantitative estimate of drug-likeness (QED) is 0.461. The van der Waals surface area contributed by atoms with Crippen LogP contribution in [0.1, 0.15) is 12.5 Å². The third-order valence-corrected chi connectivity index (χ3v) is 2.27. The summed E-state index contributed by atoms with van der Waals surface area (Å²) in [5, 5.41) is 0.562. The van der Waals surface area contributed by atoms with E-state index in [0.717, 1.165) is 5.56 Å². The Kier molecular flexibility index (Phi) is 4.90. The van der Waals surface area contributed by atoms with Crippen molar-refractivity contribution in [3.8, 4) is 5.75 Å². The first-order valence-corrected chi connectivity index (χ1v) is 5.45. The minimum Gasteiger partial charge on any atom is -0.467 e. The molecule has 1 rings (SSSR count). The Morgan fingerprint density at radius 2 is 2.21 bits per heavy atom. The van der Waals surface area contributed by atoms with Gasteiger partial charge in [-0.05, 0) is 25.1 Å². The van der Waals surface area contributed by atoms with Crippen LogP contribution in [0.2, 0.25) is 0 Å². The Morgan fingerprint density at radius 1 is 1.43 bits per heavy atom. The number of hydrogen-bond acceptors (Lipinski definition) is 2. The van der Waals surface area contributed by atoms with Crippen LogP contribution in [0.4, 0.5) is 4.39 Å². The molecular formula is C10H12BrFO2. The fraction of sp³-hybridized carbons (Fsp3) is 0.400. The van der Waals surface area contributed by atoms with Crippen LogP contribution >= 0.6 is 15.9 Å². The summed E-state index contributed by atoms with van der Waals surface area (Å²) < 4.78 is 23.2. The molecule has 0 spiro atoms. The third-order valence-electron chi connectivity index (χ3n) is 1.67. The first-order chi connectivity index (χ1) is 6.77. The molecule has 0 bridgehead atoms. The molecule has 0 unspecified atom stereocenters. The van der Waals surface area contributed by atoms with Crippen LogP contribution in [-0.2, 0) is 10.1 Å². The Hall–Kier alpha value is -0.610. The van der Waals surface area contributed by atoms with Crippen LogP contribution < -0.4 is 4.74 Å². The summed E-state index contributed by atoms with van der Waals surface area (Å²) in [5.41, 5.74) is 0.782. The second-order valence-electron chi connectivity index (χ2n) is 2.64. The molecule has 1 aromatic rings. The summed E-state index contributed by atoms with van der Waals surface area (Å²) >= 11 is 3.26. The van der Waals surface area contributed by atoms with Gasteiger partial charge in [-0.2, -0.15) is 0 Å². The molecule has 0 aliphatic heterocycles. The number of alkyl halides is 1. The summed E-state index contributed by atoms with van der Waals surface area (Å²) in [6.07, 6.45) is 0. The lowest BCUT2D eigenvalue weighted by Crippen LogP contribution is -2.03. The van der Waals surface area contributed by atoms with Crippen molar-refractivity contribution in [2.45, 2.75) is 12.3 Å². The van der Waals surface area contributed by atoms with Crippen molar-refractivity contribution in [2.75, 3.05) is 13.4 Å². The number of benzene rings is 1. The zero-order valence-corrected chi connectivity index (χ0v) is 9.51. The standard InChI is InChI=1S/C10H12BrFO2/c1-2-13-7-14-10-4-3-9(12)5-8(10)6-11/h3-5H,2,6-7H2,1H3. The number of rotatable bonds is 5. The molecule has 0 aliphatic carbocycles. The minimum atomic E-state index is -0.261. The van der Waals surface area contributed by atoms with Gasteiger partial charge in [0.2, 0.25) is 0 Å². The summed E-state index contributed by atoms with van der Waals surface area (Å²) in [6, 6.07) is 4.41. The summed E-state index contributed by atoms with van der Waals surface area (Å²) in [7, 11) is 0. The predicted octanol–water partition coefficient (Wildman–Crippen LogP) is 3.09. The molecule has 14 heavy (non-hydrogen) atoms. The monoisotopic (exact) mass is 262 g/mol. The van der Waals surface area contributed by atoms with Gasteiger partial charge < -0.3 is 9.47 Å². The largest absolute Gasteiger partial charge is 0.467 e. The van der Waals surface area contributed by atoms with E-state index < -0.39 is 0 Å². The van der Waals surface area contributed by atoms with Crippen molar-refractivity contribution >= 4 is 15.9 Å². The highest BCUT2D eigenvalue weighted by molar-refractivity contribution is 9.08. The van der Waals surface area contributed by atoms with E-state index in [9.17, 15) is 4.39 Å². The number of ether oxygens (including phenoxy) is 2. The first-order valence-electron chi connectivity index (χ1n) is 4.33. The van der Waals surface area contributed by atoms with E-state index in [1.807, 2.05) is 6.92 Å². The van der Waals surface area contributed by atoms with Crippen molar-refractivity contribution in [1.29, 1.82) is 0 Å². The lowest BCUT2D eigenvalue weighted by Gasteiger charge is -2.09. The second kappa shape index (κ2) is 5.98. The average Bonchev–Trinajstić information content (AvgIpc) is 2.20. The smallest absolute Gasteiger partial charge is 0.189 e. The zero-order valence-electron chi connectivity index (χ0n) is 7.93. The molecule has 0 radical (unpaired) electrons. The van der Waals surface area contributed by atoms with Gasteiger partial charge in [0.1, 0.15) is 11.6 Å². The molecule has 0 saturated heterocycles. The number of hydrogen-bond donors (Lipinski definition) is 0. The lowest BCUT2D eigenvalue weighted by molar-refractivity contribution is 0.0219. The fourth-order valence-electron chi connectivity index (χ4n) is 0.982. The van der Waals surface area contributed by atoms with Crippen molar-refractivity contribution < 1.29 is 13.9 Å². The Labute approximate surface area is 91.2 Å². The molecule has 0 atom stereocenters. The van der Waals surface area contributed by atoms with Crippen LogP contribution in [0, 0.1) is 5.82 Å². The molecule has 1 aromatic carbocycles. The van der Waals surface area contributed by atoms with E-state index in [-0.39, 0.29) is 12.6 Å². The van der Waals surface area contributed by atoms with Gasteiger partial charge in [0.05, 0.1) is 0 Å². The topological polar surface area (TPSA) is 18.5 Å². The van der Waals surface area contributed by atoms with E-state index in [2.05, 4.69) is 15.9 Å². The van der Waals surface area contributed by atoms with E-state index in [0.29, 0.717) is 17.7 Å². The molecule has 4 heteroatoms. The summed E-state index contributed by atoms with van der Waals surface area (Å²) in [4.78, 5) is 0. The fourth-order valence-corrected chi connectivity index (χ4v) is 1.42. The van der Waals surface area contributed by atoms with E-state index in [1.54, 1.807) is 6.07 Å². The molecule has 78 valence electrons. The van der Waals surface area contributed by atoms with Crippen LogP contribution in [0.3, 0.4) is 0 Å². The average molecular weight is 263 g/mol. The van der Waals surface area contributed by atoms with Crippen molar-refractivity contribution in [3.63, 3.8) is 0 Å². The third kappa shape index (κ3) is 3.27. The molecular weight excluding hydrogens is 251 g/mol. The van der Waals surface area contributed by atoms with Gasteiger partial charge in [-0.1, -0.05) is 15.9 Å². The maximum atomic E-state index is 12.8. The SMILES string of the molecule is CCOCOc1ccc(F)cc1CBr. The van der Waals surface area contributed by atoms with Gasteiger partial charge in [0, 0.05) is 17.5 Å². The molecule has 0 fully saturated rings. The van der Waals surface area contributed by atoms with E-state index >= 15 is 0 Å². The van der Waals surface area contributed by atoms with Crippen LogP contribution in [-0.4, -0.2) is 13.4 Å². The Morgan fingerprint density at radius 3 is 2.86 bits per heavy atom. The first kappa shape index (κ1) is 11.5. The van der Waals surface area contributed by atoms with E-state index in [1.165, 1.54) is 12.1 Å². The normalized spacial score (nSPS) is 10.2. The maximum Gasteiger partial charge on any atom is 0.189 e. The van der Waals surface area contributed by atoms with Crippen LogP contribution in [0.15, 0.2) is 18.2 Å². The Bertz CT molecular complexity index is 291. The summed E-state index contributed by atoms with van der Waals surface area (Å²) in [5.74, 6) is 0.389. The van der Waals surface area contributed by atoms with Gasteiger partial charge >= 0.3 is 0 Å². The maximum absolute atomic E-state index is 12.8. The highest BCUT2D eigenvalue weighted by Crippen LogP contribution is 2.22. The Balaban J connectivity index is 2.65. The van der Waals surface area contributed by atoms with Gasteiger partial charge in [0.15, 0.2) is 6.79 Å². The molecule has 0 saturated carbocycles. The molecule has 0 aromatic heterocycles. The number of halogens is 2. The molecule has 0 heterocycles. The highest BCUT2D eigenvalue weighted by Gasteiger charge is 2.03. The van der Waals surface area contributed by atoms with Gasteiger partial charge in [-0.3, -0.25) is 0 Å². The van der Waals surface area contributed by atoms with Crippen LogP contribution in [0.25, 0.3) is 0 Å². The summed E-state index contributed by atoms with van der Waals surface area (Å²) in [6.45, 7) is 2.69. The molecule has 0 aliphatic rings. The molecule has 0 amide bonds. The lowest BCUT2D eigenvalue weighted by atomic mass is 10.2. The highest BCUT2D eigenvalue weighted by atomic mass is 79.9. The van der Waals surface area contributed by atoms with Crippen LogP contribution in [0.5, 0.6) is 5.75 Å². The zero-order chi connectivity index (χ0) is 10.4.